The largest absolute Gasteiger partial charge is 0.491 e. The fraction of sp³-hybridized carbons (Fsp3) is 0.345. The van der Waals surface area contributed by atoms with Gasteiger partial charge in [-0.3, -0.25) is 9.69 Å². The molecular weight excluding hydrogens is 523 g/mol. The van der Waals surface area contributed by atoms with E-state index >= 15 is 0 Å². The molecule has 1 aromatic heterocycles. The average Bonchev–Trinajstić information content (AvgIpc) is 3.31. The Morgan fingerprint density at radius 1 is 1.13 bits per heavy atom. The highest BCUT2D eigenvalue weighted by Crippen LogP contribution is 2.28. The third-order valence-corrected chi connectivity index (χ3v) is 7.36. The summed E-state index contributed by atoms with van der Waals surface area (Å²) in [6.45, 7) is 5.58. The molecule has 38 heavy (non-hydrogen) atoms. The first-order valence-electron chi connectivity index (χ1n) is 12.8. The predicted octanol–water partition coefficient (Wildman–Crippen LogP) is 4.88. The summed E-state index contributed by atoms with van der Waals surface area (Å²) < 4.78 is 5.29. The monoisotopic (exact) mass is 556 g/mol. The van der Waals surface area contributed by atoms with Crippen LogP contribution in [0.25, 0.3) is 17.0 Å². The highest BCUT2D eigenvalue weighted by molar-refractivity contribution is 6.42. The highest BCUT2D eigenvalue weighted by Gasteiger charge is 2.17. The van der Waals surface area contributed by atoms with Gasteiger partial charge in [0.05, 0.1) is 17.2 Å². The van der Waals surface area contributed by atoms with Gasteiger partial charge in [-0.05, 0) is 67.4 Å². The molecule has 0 saturated carbocycles. The topological polar surface area (TPSA) is 80.8 Å². The van der Waals surface area contributed by atoms with Crippen LogP contribution in [0.1, 0.15) is 17.7 Å². The molecular formula is C29H34Cl2N4O3. The zero-order chi connectivity index (χ0) is 26.9. The highest BCUT2D eigenvalue weighted by atomic mass is 35.5. The maximum Gasteiger partial charge on any atom is 0.286 e. The van der Waals surface area contributed by atoms with Crippen LogP contribution < -0.4 is 10.2 Å². The number of H-pyrrole nitrogens is 1. The SMILES string of the molecule is CO/C(=C\C=C\c1cc2cc(Cl)c(Cl)cc2[nH]1)C(=O)NCCCN1CCN(c2cccc(CCO)c2)CC1. The van der Waals surface area contributed by atoms with Crippen molar-refractivity contribution >= 4 is 51.8 Å². The minimum absolute atomic E-state index is 0.170. The number of aromatic nitrogens is 1. The number of ether oxygens (including phenoxy) is 1. The van der Waals surface area contributed by atoms with Crippen molar-refractivity contribution < 1.29 is 14.6 Å². The van der Waals surface area contributed by atoms with Crippen LogP contribution >= 0.6 is 23.2 Å². The maximum atomic E-state index is 12.5. The van der Waals surface area contributed by atoms with Gasteiger partial charge in [0, 0.05) is 61.6 Å². The Morgan fingerprint density at radius 2 is 1.92 bits per heavy atom. The number of halogens is 2. The number of nitrogens with one attached hydrogen (secondary N) is 2. The Hall–Kier alpha value is -2.97. The third-order valence-electron chi connectivity index (χ3n) is 6.63. The molecule has 0 aliphatic carbocycles. The molecule has 3 N–H and O–H groups in total. The number of carbonyl (C=O) groups is 1. The summed E-state index contributed by atoms with van der Waals surface area (Å²) >= 11 is 12.2. The summed E-state index contributed by atoms with van der Waals surface area (Å²) in [4.78, 5) is 20.6. The zero-order valence-electron chi connectivity index (χ0n) is 21.6. The number of aliphatic hydroxyl groups excluding tert-OH is 1. The van der Waals surface area contributed by atoms with E-state index in [1.165, 1.54) is 12.8 Å². The van der Waals surface area contributed by atoms with Gasteiger partial charge in [0.2, 0.25) is 0 Å². The number of piperazine rings is 1. The average molecular weight is 558 g/mol. The lowest BCUT2D eigenvalue weighted by molar-refractivity contribution is -0.120. The minimum atomic E-state index is -0.236. The standard InChI is InChI=1S/C29H34Cl2N4O3/c1-38-28(8-3-6-23-18-22-19-25(30)26(31)20-27(22)33-23)29(37)32-10-4-11-34-12-14-35(15-13-34)24-7-2-5-21(17-24)9-16-36/h2-3,5-8,17-20,33,36H,4,9-16H2,1H3,(H,32,37)/b6-3+,28-8-. The lowest BCUT2D eigenvalue weighted by Crippen LogP contribution is -2.47. The molecule has 2 heterocycles. The summed E-state index contributed by atoms with van der Waals surface area (Å²) in [6.07, 6.45) is 6.83. The number of methoxy groups -OCH3 is 1. The fourth-order valence-electron chi connectivity index (χ4n) is 4.57. The first kappa shape index (κ1) is 28.0. The van der Waals surface area contributed by atoms with E-state index in [0.29, 0.717) is 23.0 Å². The van der Waals surface area contributed by atoms with Crippen LogP contribution in [-0.4, -0.2) is 73.9 Å². The molecule has 3 aromatic rings. The normalized spacial score (nSPS) is 14.9. The molecule has 1 amide bonds. The van der Waals surface area contributed by atoms with Crippen molar-refractivity contribution in [3.8, 4) is 0 Å². The van der Waals surface area contributed by atoms with E-state index < -0.39 is 0 Å². The quantitative estimate of drug-likeness (QED) is 0.136. The molecule has 1 saturated heterocycles. The van der Waals surface area contributed by atoms with Crippen molar-refractivity contribution in [2.24, 2.45) is 0 Å². The van der Waals surface area contributed by atoms with Gasteiger partial charge in [0.15, 0.2) is 5.76 Å². The Bertz CT molecular complexity index is 1260. The summed E-state index contributed by atoms with van der Waals surface area (Å²) in [5.41, 5.74) is 4.13. The van der Waals surface area contributed by atoms with Crippen molar-refractivity contribution in [1.82, 2.24) is 15.2 Å². The maximum absolute atomic E-state index is 12.5. The van der Waals surface area contributed by atoms with Gasteiger partial charge in [-0.25, -0.2) is 0 Å². The number of allylic oxidation sites excluding steroid dienone is 2. The zero-order valence-corrected chi connectivity index (χ0v) is 23.1. The number of hydrogen-bond donors (Lipinski definition) is 3. The van der Waals surface area contributed by atoms with Crippen molar-refractivity contribution in [1.29, 1.82) is 0 Å². The van der Waals surface area contributed by atoms with Gasteiger partial charge >= 0.3 is 0 Å². The first-order chi connectivity index (χ1) is 18.5. The van der Waals surface area contributed by atoms with Crippen LogP contribution in [0.15, 0.2) is 60.4 Å². The lowest BCUT2D eigenvalue weighted by Gasteiger charge is -2.36. The van der Waals surface area contributed by atoms with Crippen molar-refractivity contribution in [3.63, 3.8) is 0 Å². The van der Waals surface area contributed by atoms with Crippen LogP contribution in [0.3, 0.4) is 0 Å². The number of anilines is 1. The molecule has 9 heteroatoms. The Labute approximate surface area is 233 Å². The van der Waals surface area contributed by atoms with Crippen LogP contribution in [0.5, 0.6) is 0 Å². The number of benzene rings is 2. The van der Waals surface area contributed by atoms with Gasteiger partial charge in [0.1, 0.15) is 0 Å². The number of aliphatic hydroxyl groups is 1. The summed E-state index contributed by atoms with van der Waals surface area (Å²) in [7, 11) is 1.49. The Balaban J connectivity index is 1.19. The van der Waals surface area contributed by atoms with Crippen LogP contribution in [-0.2, 0) is 16.0 Å². The van der Waals surface area contributed by atoms with E-state index in [2.05, 4.69) is 44.4 Å². The number of hydrogen-bond acceptors (Lipinski definition) is 5. The van der Waals surface area contributed by atoms with Gasteiger partial charge in [-0.2, -0.15) is 0 Å². The Morgan fingerprint density at radius 3 is 2.68 bits per heavy atom. The van der Waals surface area contributed by atoms with Gasteiger partial charge in [-0.1, -0.05) is 41.4 Å². The van der Waals surface area contributed by atoms with Crippen molar-refractivity contribution in [3.05, 3.63) is 81.7 Å². The summed E-state index contributed by atoms with van der Waals surface area (Å²) in [5, 5.41) is 14.1. The van der Waals surface area contributed by atoms with Crippen molar-refractivity contribution in [2.45, 2.75) is 12.8 Å². The molecule has 0 bridgehead atoms. The van der Waals surface area contributed by atoms with Crippen molar-refractivity contribution in [2.75, 3.05) is 57.9 Å². The summed E-state index contributed by atoms with van der Waals surface area (Å²) in [6, 6.07) is 14.0. The van der Waals surface area contributed by atoms with E-state index in [0.717, 1.165) is 61.3 Å². The smallest absolute Gasteiger partial charge is 0.286 e. The number of amides is 1. The lowest BCUT2D eigenvalue weighted by atomic mass is 10.1. The molecule has 1 aliphatic heterocycles. The molecule has 0 radical (unpaired) electrons. The first-order valence-corrected chi connectivity index (χ1v) is 13.6. The number of fused-ring (bicyclic) bond motifs is 1. The van der Waals surface area contributed by atoms with E-state index in [9.17, 15) is 9.90 Å². The van der Waals surface area contributed by atoms with Gasteiger partial charge < -0.3 is 25.0 Å². The minimum Gasteiger partial charge on any atom is -0.491 e. The summed E-state index contributed by atoms with van der Waals surface area (Å²) in [5.74, 6) is 0.0143. The van der Waals surface area contributed by atoms with Crippen LogP contribution in [0, 0.1) is 0 Å². The second kappa shape index (κ2) is 13.7. The molecule has 0 spiro atoms. The number of rotatable bonds is 11. The molecule has 202 valence electrons. The molecule has 4 rings (SSSR count). The van der Waals surface area contributed by atoms with E-state index in [4.69, 9.17) is 27.9 Å². The predicted molar refractivity (Wildman–Crippen MR) is 156 cm³/mol. The van der Waals surface area contributed by atoms with Gasteiger partial charge in [0.25, 0.3) is 5.91 Å². The molecule has 0 unspecified atom stereocenters. The Kier molecular flexibility index (Phi) is 10.1. The second-order valence-electron chi connectivity index (χ2n) is 9.25. The molecule has 0 atom stereocenters. The number of nitrogens with zero attached hydrogens (tertiary/aromatic N) is 2. The number of aromatic amines is 1. The van der Waals surface area contributed by atoms with Crippen LogP contribution in [0.4, 0.5) is 5.69 Å². The van der Waals surface area contributed by atoms with Gasteiger partial charge in [-0.15, -0.1) is 0 Å². The third kappa shape index (κ3) is 7.54. The van der Waals surface area contributed by atoms with Crippen LogP contribution in [0.2, 0.25) is 10.0 Å². The second-order valence-corrected chi connectivity index (χ2v) is 10.1. The number of carbonyl (C=O) groups excluding carboxylic acids is 1. The van der Waals surface area contributed by atoms with E-state index in [1.54, 1.807) is 18.2 Å². The molecule has 7 nitrogen and oxygen atoms in total. The van der Waals surface area contributed by atoms with E-state index in [-0.39, 0.29) is 18.3 Å². The fourth-order valence-corrected chi connectivity index (χ4v) is 4.91. The molecule has 1 fully saturated rings. The molecule has 2 aromatic carbocycles. The van der Waals surface area contributed by atoms with E-state index in [1.807, 2.05) is 18.2 Å². The molecule has 1 aliphatic rings.